The Morgan fingerprint density at radius 2 is 2.21 bits per heavy atom. The molecule has 148 valence electrons. The van der Waals surface area contributed by atoms with Crippen LogP contribution in [0, 0.1) is 11.8 Å². The van der Waals surface area contributed by atoms with Crippen molar-refractivity contribution in [1.82, 2.24) is 9.88 Å². The molecular formula is C22H26N2O4. The molecule has 3 rings (SSSR count). The van der Waals surface area contributed by atoms with E-state index in [1.807, 2.05) is 25.2 Å². The maximum Gasteiger partial charge on any atom is 0.337 e. The molecule has 0 radical (unpaired) electrons. The molecule has 1 aliphatic rings. The summed E-state index contributed by atoms with van der Waals surface area (Å²) in [6.45, 7) is 4.60. The van der Waals surface area contributed by atoms with E-state index in [0.29, 0.717) is 6.42 Å². The number of aldehydes is 1. The highest BCUT2D eigenvalue weighted by Crippen LogP contribution is 2.40. The molecule has 0 bridgehead atoms. The van der Waals surface area contributed by atoms with Crippen LogP contribution in [0.15, 0.2) is 48.8 Å². The molecule has 0 amide bonds. The van der Waals surface area contributed by atoms with Crippen molar-refractivity contribution in [2.75, 3.05) is 20.7 Å². The molecule has 1 aliphatic heterocycles. The van der Waals surface area contributed by atoms with Crippen LogP contribution in [0.4, 0.5) is 0 Å². The summed E-state index contributed by atoms with van der Waals surface area (Å²) in [5.74, 6) is -1.80. The molecule has 0 spiro atoms. The molecule has 3 atom stereocenters. The third-order valence-corrected chi connectivity index (χ3v) is 5.76. The second-order valence-electron chi connectivity index (χ2n) is 7.18. The Kier molecular flexibility index (Phi) is 5.99. The van der Waals surface area contributed by atoms with E-state index in [0.717, 1.165) is 36.7 Å². The monoisotopic (exact) mass is 382 g/mol. The molecule has 0 saturated heterocycles. The summed E-state index contributed by atoms with van der Waals surface area (Å²) < 4.78 is 4.82. The fourth-order valence-corrected chi connectivity index (χ4v) is 4.20. The number of carbonyl (C=O) groups is 2. The number of allylic oxidation sites excluding steroid dienone is 1. The van der Waals surface area contributed by atoms with E-state index in [-0.39, 0.29) is 11.6 Å². The smallest absolute Gasteiger partial charge is 0.337 e. The number of fused-ring (bicyclic) bond motifs is 3. The number of likely N-dealkylation sites (N-methyl/N-ethyl adjacent to an activating group) is 1. The minimum Gasteiger partial charge on any atom is -0.515 e. The van der Waals surface area contributed by atoms with Crippen molar-refractivity contribution >= 4 is 23.2 Å². The quantitative estimate of drug-likeness (QED) is 0.252. The van der Waals surface area contributed by atoms with Crippen LogP contribution in [0.1, 0.15) is 23.7 Å². The molecule has 0 aliphatic carbocycles. The highest BCUT2D eigenvalue weighted by atomic mass is 16.5. The van der Waals surface area contributed by atoms with Gasteiger partial charge in [0.1, 0.15) is 6.29 Å². The first-order valence-corrected chi connectivity index (χ1v) is 9.35. The van der Waals surface area contributed by atoms with Crippen LogP contribution in [-0.4, -0.2) is 47.9 Å². The number of carbonyl (C=O) groups excluding carboxylic acids is 2. The van der Waals surface area contributed by atoms with Crippen LogP contribution in [-0.2, 0) is 20.7 Å². The van der Waals surface area contributed by atoms with Gasteiger partial charge in [0.05, 0.1) is 25.0 Å². The number of ether oxygens (including phenoxy) is 1. The van der Waals surface area contributed by atoms with Gasteiger partial charge in [-0.15, -0.1) is 6.58 Å². The van der Waals surface area contributed by atoms with E-state index in [4.69, 9.17) is 4.74 Å². The second kappa shape index (κ2) is 8.44. The maximum absolute atomic E-state index is 12.2. The minimum atomic E-state index is -0.642. The third kappa shape index (κ3) is 3.47. The molecule has 1 aromatic heterocycles. The lowest BCUT2D eigenvalue weighted by Gasteiger charge is -2.36. The predicted octanol–water partition coefficient (Wildman–Crippen LogP) is 3.32. The largest absolute Gasteiger partial charge is 0.515 e. The van der Waals surface area contributed by atoms with Crippen LogP contribution in [0.2, 0.25) is 0 Å². The lowest BCUT2D eigenvalue weighted by Crippen LogP contribution is -2.35. The number of aliphatic hydroxyl groups is 1. The topological polar surface area (TPSA) is 82.6 Å². The van der Waals surface area contributed by atoms with Crippen molar-refractivity contribution in [2.45, 2.75) is 18.9 Å². The number of H-pyrrole nitrogens is 1. The first-order valence-electron chi connectivity index (χ1n) is 9.35. The van der Waals surface area contributed by atoms with E-state index < -0.39 is 17.8 Å². The van der Waals surface area contributed by atoms with Crippen LogP contribution in [0.3, 0.4) is 0 Å². The summed E-state index contributed by atoms with van der Waals surface area (Å²) in [6.07, 6.45) is 4.42. The molecule has 2 heterocycles. The zero-order valence-corrected chi connectivity index (χ0v) is 16.2. The van der Waals surface area contributed by atoms with Crippen molar-refractivity contribution in [3.05, 3.63) is 60.0 Å². The zero-order valence-electron chi connectivity index (χ0n) is 16.2. The lowest BCUT2D eigenvalue weighted by atomic mass is 9.80. The summed E-state index contributed by atoms with van der Waals surface area (Å²) >= 11 is 0. The Hall–Kier alpha value is -2.86. The van der Waals surface area contributed by atoms with Gasteiger partial charge < -0.3 is 19.6 Å². The Balaban J connectivity index is 2.04. The van der Waals surface area contributed by atoms with Gasteiger partial charge in [-0.3, -0.25) is 4.90 Å². The SMILES string of the molecule is C=C[C@@H](C=O)[C@H](CC1c2[nH]c3ccccc3c2CCN1C)/C(=C\O)C(=O)OC. The Morgan fingerprint density at radius 1 is 1.46 bits per heavy atom. The molecule has 0 fully saturated rings. The Labute approximate surface area is 164 Å². The molecule has 28 heavy (non-hydrogen) atoms. The number of methoxy groups -OCH3 is 1. The highest BCUT2D eigenvalue weighted by Gasteiger charge is 2.36. The average molecular weight is 382 g/mol. The van der Waals surface area contributed by atoms with E-state index >= 15 is 0 Å². The molecule has 1 unspecified atom stereocenters. The zero-order chi connectivity index (χ0) is 20.3. The predicted molar refractivity (Wildman–Crippen MR) is 108 cm³/mol. The number of nitrogens with one attached hydrogen (secondary N) is 1. The van der Waals surface area contributed by atoms with Crippen molar-refractivity contribution < 1.29 is 19.4 Å². The minimum absolute atomic E-state index is 0.0387. The van der Waals surface area contributed by atoms with Gasteiger partial charge in [-0.25, -0.2) is 4.79 Å². The van der Waals surface area contributed by atoms with Crippen molar-refractivity contribution in [2.24, 2.45) is 11.8 Å². The second-order valence-corrected chi connectivity index (χ2v) is 7.18. The molecule has 2 N–H and O–H groups in total. The molecule has 1 aromatic carbocycles. The first-order chi connectivity index (χ1) is 13.5. The highest BCUT2D eigenvalue weighted by molar-refractivity contribution is 5.89. The average Bonchev–Trinajstić information content (AvgIpc) is 3.09. The Bertz CT molecular complexity index is 906. The van der Waals surface area contributed by atoms with Gasteiger partial charge in [0, 0.05) is 35.0 Å². The number of rotatable bonds is 7. The van der Waals surface area contributed by atoms with E-state index in [1.165, 1.54) is 24.1 Å². The van der Waals surface area contributed by atoms with Crippen molar-refractivity contribution in [3.63, 3.8) is 0 Å². The number of hydrogen-bond donors (Lipinski definition) is 2. The van der Waals surface area contributed by atoms with Crippen molar-refractivity contribution in [1.29, 1.82) is 0 Å². The fourth-order valence-electron chi connectivity index (χ4n) is 4.20. The maximum atomic E-state index is 12.2. The normalized spacial score (nSPS) is 19.6. The number of esters is 1. The summed E-state index contributed by atoms with van der Waals surface area (Å²) in [5.41, 5.74) is 3.52. The molecular weight excluding hydrogens is 356 g/mol. The van der Waals surface area contributed by atoms with Crippen LogP contribution in [0.5, 0.6) is 0 Å². The fraction of sp³-hybridized carbons (Fsp3) is 0.364. The number of aromatic nitrogens is 1. The molecule has 0 saturated carbocycles. The van der Waals surface area contributed by atoms with Crippen LogP contribution >= 0.6 is 0 Å². The van der Waals surface area contributed by atoms with Gasteiger partial charge in [-0.2, -0.15) is 0 Å². The summed E-state index contributed by atoms with van der Waals surface area (Å²) in [4.78, 5) is 29.6. The van der Waals surface area contributed by atoms with Crippen molar-refractivity contribution in [3.8, 4) is 0 Å². The molecule has 2 aromatic rings. The van der Waals surface area contributed by atoms with Gasteiger partial charge in [-0.05, 0) is 31.5 Å². The lowest BCUT2D eigenvalue weighted by molar-refractivity contribution is -0.137. The molecule has 6 heteroatoms. The van der Waals surface area contributed by atoms with Gasteiger partial charge in [0.15, 0.2) is 0 Å². The Morgan fingerprint density at radius 3 is 2.86 bits per heavy atom. The summed E-state index contributed by atoms with van der Waals surface area (Å²) in [7, 11) is 3.29. The summed E-state index contributed by atoms with van der Waals surface area (Å²) in [6, 6.07) is 8.14. The van der Waals surface area contributed by atoms with E-state index in [2.05, 4.69) is 22.5 Å². The van der Waals surface area contributed by atoms with Crippen LogP contribution in [0.25, 0.3) is 10.9 Å². The number of aromatic amines is 1. The first kappa shape index (κ1) is 19.9. The molecule has 6 nitrogen and oxygen atoms in total. The number of benzene rings is 1. The van der Waals surface area contributed by atoms with Gasteiger partial charge in [-0.1, -0.05) is 24.3 Å². The van der Waals surface area contributed by atoms with Gasteiger partial charge in [0.2, 0.25) is 0 Å². The van der Waals surface area contributed by atoms with Crippen LogP contribution < -0.4 is 0 Å². The van der Waals surface area contributed by atoms with E-state index in [1.54, 1.807) is 0 Å². The van der Waals surface area contributed by atoms with E-state index in [9.17, 15) is 14.7 Å². The number of hydrogen-bond acceptors (Lipinski definition) is 5. The number of para-hydroxylation sites is 1. The number of nitrogens with zero attached hydrogens (tertiary/aromatic N) is 1. The van der Waals surface area contributed by atoms with Gasteiger partial charge in [0.25, 0.3) is 0 Å². The van der Waals surface area contributed by atoms with Gasteiger partial charge >= 0.3 is 5.97 Å². The number of aliphatic hydroxyl groups excluding tert-OH is 1. The summed E-state index contributed by atoms with van der Waals surface area (Å²) in [5, 5.41) is 10.9. The standard InChI is InChI=1S/C22H26N2O4/c1-4-14(12-25)17(18(13-26)22(27)28-3)11-20-21-16(9-10-24(20)2)15-7-5-6-8-19(15)23-21/h4-8,12-14,17,20,23,26H,1,9-11H2,2-3H3/b18-13+/t14-,17-,20?/m0/s1. The third-order valence-electron chi connectivity index (χ3n) is 5.76.